The second kappa shape index (κ2) is 9.63. The summed E-state index contributed by atoms with van der Waals surface area (Å²) < 4.78 is 6.15. The van der Waals surface area contributed by atoms with Gasteiger partial charge in [-0.05, 0) is 66.9 Å². The maximum Gasteiger partial charge on any atom is 0.320 e. The molecule has 7 nitrogen and oxygen atoms in total. The molecule has 2 aliphatic rings. The summed E-state index contributed by atoms with van der Waals surface area (Å²) in [4.78, 5) is 27.5. The monoisotopic (exact) mass is 515 g/mol. The summed E-state index contributed by atoms with van der Waals surface area (Å²) in [6.45, 7) is 8.46. The van der Waals surface area contributed by atoms with E-state index in [1.807, 2.05) is 47.1 Å². The molecule has 1 N–H and O–H groups in total. The summed E-state index contributed by atoms with van der Waals surface area (Å²) in [6.07, 6.45) is 0. The molecule has 37 heavy (non-hydrogen) atoms. The second-order valence-electron chi connectivity index (χ2n) is 9.81. The lowest BCUT2D eigenvalue weighted by atomic mass is 9.98. The average Bonchev–Trinajstić information content (AvgIpc) is 3.14. The van der Waals surface area contributed by atoms with Crippen LogP contribution in [0.5, 0.6) is 5.75 Å². The molecule has 0 atom stereocenters. The van der Waals surface area contributed by atoms with Crippen molar-refractivity contribution in [2.24, 2.45) is 0 Å². The van der Waals surface area contributed by atoms with Crippen LogP contribution in [0.1, 0.15) is 17.0 Å². The Balaban J connectivity index is 1.20. The number of urea groups is 1. The Morgan fingerprint density at radius 3 is 2.57 bits per heavy atom. The van der Waals surface area contributed by atoms with Crippen LogP contribution in [0.4, 0.5) is 10.5 Å². The molecule has 2 amide bonds. The number of ether oxygens (including phenoxy) is 1. The van der Waals surface area contributed by atoms with Gasteiger partial charge in [0.05, 0.1) is 34.8 Å². The van der Waals surface area contributed by atoms with Gasteiger partial charge >= 0.3 is 6.03 Å². The Bertz CT molecular complexity index is 1470. The molecule has 3 heterocycles. The van der Waals surface area contributed by atoms with Crippen LogP contribution in [-0.4, -0.2) is 65.1 Å². The molecule has 0 aliphatic carbocycles. The van der Waals surface area contributed by atoms with Gasteiger partial charge in [-0.2, -0.15) is 0 Å². The van der Waals surface area contributed by atoms with Gasteiger partial charge in [-0.3, -0.25) is 0 Å². The minimum absolute atomic E-state index is 0.0627. The number of hydrogen-bond donors (Lipinski definition) is 1. The maximum atomic E-state index is 13.6. The summed E-state index contributed by atoms with van der Waals surface area (Å²) >= 11 is 6.39. The fraction of sp³-hybridized carbons (Fsp3) is 0.310. The number of rotatable bonds is 2. The summed E-state index contributed by atoms with van der Waals surface area (Å²) in [7, 11) is 0. The number of piperazine rings is 1. The van der Waals surface area contributed by atoms with Crippen molar-refractivity contribution in [3.05, 3.63) is 76.6 Å². The lowest BCUT2D eigenvalue weighted by Crippen LogP contribution is -2.53. The van der Waals surface area contributed by atoms with E-state index in [0.717, 1.165) is 68.7 Å². The molecule has 1 aromatic heterocycles. The molecule has 0 radical (unpaired) electrons. The predicted octanol–water partition coefficient (Wildman–Crippen LogP) is 5.64. The lowest BCUT2D eigenvalue weighted by Gasteiger charge is -2.38. The Hall–Kier alpha value is -3.71. The van der Waals surface area contributed by atoms with Gasteiger partial charge in [0, 0.05) is 31.7 Å². The van der Waals surface area contributed by atoms with Crippen molar-refractivity contribution in [2.45, 2.75) is 20.4 Å². The van der Waals surface area contributed by atoms with Gasteiger partial charge in [0.1, 0.15) is 18.2 Å². The highest BCUT2D eigenvalue weighted by Crippen LogP contribution is 2.34. The van der Waals surface area contributed by atoms with Crippen LogP contribution in [0.15, 0.2) is 54.6 Å². The number of aryl methyl sites for hydroxylation is 2. The van der Waals surface area contributed by atoms with Crippen molar-refractivity contribution >= 4 is 34.4 Å². The van der Waals surface area contributed by atoms with Gasteiger partial charge in [-0.1, -0.05) is 29.8 Å². The standard InChI is InChI=1S/C29H30ClN5O2/c1-19-15-22(21-7-8-25-26(17-21)32-20(2)31-25)16-23-18-35(13-14-37-28(19)23)29(36)34-11-9-33(10-12-34)27-6-4-3-5-24(27)30/h3-8,15-17H,9-14,18H2,1-2H3,(H,31,32). The first-order chi connectivity index (χ1) is 18.0. The number of H-pyrrole nitrogens is 1. The van der Waals surface area contributed by atoms with Gasteiger partial charge in [-0.25, -0.2) is 9.78 Å². The molecule has 1 fully saturated rings. The van der Waals surface area contributed by atoms with Crippen molar-refractivity contribution < 1.29 is 9.53 Å². The molecule has 6 rings (SSSR count). The van der Waals surface area contributed by atoms with Gasteiger partial charge < -0.3 is 24.4 Å². The zero-order valence-electron chi connectivity index (χ0n) is 21.1. The van der Waals surface area contributed by atoms with E-state index in [9.17, 15) is 4.79 Å². The molecule has 4 aromatic rings. The summed E-state index contributed by atoms with van der Waals surface area (Å²) in [5.74, 6) is 1.79. The number of carbonyl (C=O) groups excluding carboxylic acids is 1. The fourth-order valence-electron chi connectivity index (χ4n) is 5.41. The summed E-state index contributed by atoms with van der Waals surface area (Å²) in [5.41, 5.74) is 7.35. The van der Waals surface area contributed by atoms with E-state index in [1.165, 1.54) is 0 Å². The van der Waals surface area contributed by atoms with E-state index in [2.05, 4.69) is 46.1 Å². The van der Waals surface area contributed by atoms with E-state index in [4.69, 9.17) is 16.3 Å². The van der Waals surface area contributed by atoms with Crippen LogP contribution in [0, 0.1) is 13.8 Å². The van der Waals surface area contributed by atoms with Crippen molar-refractivity contribution in [2.75, 3.05) is 44.2 Å². The van der Waals surface area contributed by atoms with Crippen molar-refractivity contribution in [1.82, 2.24) is 19.8 Å². The third kappa shape index (κ3) is 4.60. The van der Waals surface area contributed by atoms with Crippen LogP contribution in [0.3, 0.4) is 0 Å². The van der Waals surface area contributed by atoms with Gasteiger partial charge in [0.25, 0.3) is 0 Å². The molecule has 0 spiro atoms. The lowest BCUT2D eigenvalue weighted by molar-refractivity contribution is 0.143. The zero-order chi connectivity index (χ0) is 25.5. The van der Waals surface area contributed by atoms with E-state index in [1.54, 1.807) is 0 Å². The van der Waals surface area contributed by atoms with Gasteiger partial charge in [0.15, 0.2) is 0 Å². The zero-order valence-corrected chi connectivity index (χ0v) is 21.9. The predicted molar refractivity (Wildman–Crippen MR) is 148 cm³/mol. The van der Waals surface area contributed by atoms with Crippen LogP contribution in [0.25, 0.3) is 22.2 Å². The highest BCUT2D eigenvalue weighted by Gasteiger charge is 2.28. The molecule has 0 unspecified atom stereocenters. The number of halogens is 1. The van der Waals surface area contributed by atoms with E-state index in [0.29, 0.717) is 32.8 Å². The minimum Gasteiger partial charge on any atom is -0.491 e. The number of amides is 2. The number of nitrogens with zero attached hydrogens (tertiary/aromatic N) is 4. The Kier molecular flexibility index (Phi) is 6.16. The molecule has 0 saturated carbocycles. The number of anilines is 1. The minimum atomic E-state index is 0.0627. The maximum absolute atomic E-state index is 13.6. The average molecular weight is 516 g/mol. The molecule has 190 valence electrons. The summed E-state index contributed by atoms with van der Waals surface area (Å²) in [5, 5.41) is 0.747. The Morgan fingerprint density at radius 2 is 1.76 bits per heavy atom. The number of hydrogen-bond acceptors (Lipinski definition) is 4. The highest BCUT2D eigenvalue weighted by atomic mass is 35.5. The number of nitrogens with one attached hydrogen (secondary N) is 1. The molecule has 8 heteroatoms. The molecular formula is C29H30ClN5O2. The number of imidazole rings is 1. The third-order valence-corrected chi connectivity index (χ3v) is 7.59. The SMILES string of the molecule is Cc1nc2ccc(-c3cc(C)c4c(c3)CN(C(=O)N3CCN(c5ccccc5Cl)CC3)CCO4)cc2[nH]1. The summed E-state index contributed by atoms with van der Waals surface area (Å²) in [6, 6.07) is 18.5. The van der Waals surface area contributed by atoms with Crippen molar-refractivity contribution in [3.8, 4) is 16.9 Å². The van der Waals surface area contributed by atoms with Crippen LogP contribution >= 0.6 is 11.6 Å². The van der Waals surface area contributed by atoms with Gasteiger partial charge in [-0.15, -0.1) is 0 Å². The Labute approximate surface area is 221 Å². The van der Waals surface area contributed by atoms with Crippen molar-refractivity contribution in [1.29, 1.82) is 0 Å². The van der Waals surface area contributed by atoms with E-state index in [-0.39, 0.29) is 6.03 Å². The number of carbonyl (C=O) groups is 1. The second-order valence-corrected chi connectivity index (χ2v) is 10.2. The van der Waals surface area contributed by atoms with E-state index >= 15 is 0 Å². The first kappa shape index (κ1) is 23.7. The number of aromatic nitrogens is 2. The normalized spacial score (nSPS) is 15.9. The highest BCUT2D eigenvalue weighted by molar-refractivity contribution is 6.33. The molecule has 0 bridgehead atoms. The van der Waals surface area contributed by atoms with Crippen LogP contribution < -0.4 is 9.64 Å². The first-order valence-electron chi connectivity index (χ1n) is 12.7. The first-order valence-corrected chi connectivity index (χ1v) is 13.1. The number of benzene rings is 3. The molecule has 1 saturated heterocycles. The van der Waals surface area contributed by atoms with Crippen LogP contribution in [-0.2, 0) is 6.54 Å². The molecule has 2 aliphatic heterocycles. The van der Waals surface area contributed by atoms with Gasteiger partial charge in [0.2, 0.25) is 0 Å². The number of fused-ring (bicyclic) bond motifs is 2. The largest absolute Gasteiger partial charge is 0.491 e. The smallest absolute Gasteiger partial charge is 0.320 e. The topological polar surface area (TPSA) is 64.7 Å². The van der Waals surface area contributed by atoms with E-state index < -0.39 is 0 Å². The molecular weight excluding hydrogens is 486 g/mol. The fourth-order valence-corrected chi connectivity index (χ4v) is 5.66. The Morgan fingerprint density at radius 1 is 0.946 bits per heavy atom. The number of para-hydroxylation sites is 1. The number of aromatic amines is 1. The molecule has 3 aromatic carbocycles. The van der Waals surface area contributed by atoms with Crippen molar-refractivity contribution in [3.63, 3.8) is 0 Å². The quantitative estimate of drug-likeness (QED) is 0.375. The van der Waals surface area contributed by atoms with Crippen LogP contribution in [0.2, 0.25) is 5.02 Å². The third-order valence-electron chi connectivity index (χ3n) is 7.27.